The van der Waals surface area contributed by atoms with Crippen LogP contribution in [0.2, 0.25) is 0 Å². The molecule has 3 aromatic carbocycles. The van der Waals surface area contributed by atoms with E-state index in [1.807, 2.05) is 30.3 Å². The Morgan fingerprint density at radius 1 is 0.886 bits per heavy atom. The number of ether oxygens (including phenoxy) is 1. The van der Waals surface area contributed by atoms with Crippen LogP contribution in [0, 0.1) is 0 Å². The van der Waals surface area contributed by atoms with E-state index in [9.17, 15) is 9.59 Å². The van der Waals surface area contributed by atoms with Crippen LogP contribution in [0.4, 0.5) is 4.79 Å². The summed E-state index contributed by atoms with van der Waals surface area (Å²) in [4.78, 5) is 23.0. The first kappa shape index (κ1) is 26.2. The molecule has 6 heteroatoms. The third kappa shape index (κ3) is 8.72. The predicted molar refractivity (Wildman–Crippen MR) is 141 cm³/mol. The van der Waals surface area contributed by atoms with E-state index in [1.165, 1.54) is 21.9 Å². The Balaban J connectivity index is 1.49. The number of unbranched alkanes of at least 4 members (excludes halogenated alkanes) is 2. The number of hydrogen-bond acceptors (Lipinski definition) is 4. The maximum atomic E-state index is 11.9. The van der Waals surface area contributed by atoms with Crippen molar-refractivity contribution < 1.29 is 14.3 Å². The van der Waals surface area contributed by atoms with Gasteiger partial charge >= 0.3 is 6.09 Å². The Morgan fingerprint density at radius 3 is 2.34 bits per heavy atom. The molecule has 0 radical (unpaired) electrons. The molecule has 3 rings (SSSR count). The number of carbonyl (C=O) groups is 2. The smallest absolute Gasteiger partial charge is 0.407 e. The third-order valence-electron chi connectivity index (χ3n) is 6.07. The van der Waals surface area contributed by atoms with Crippen molar-refractivity contribution in [1.29, 1.82) is 0 Å². The zero-order valence-electron chi connectivity index (χ0n) is 20.6. The fourth-order valence-electron chi connectivity index (χ4n) is 4.17. The molecule has 0 aromatic heterocycles. The molecule has 0 saturated carbocycles. The van der Waals surface area contributed by atoms with Crippen molar-refractivity contribution in [1.82, 2.24) is 16.0 Å². The molecule has 0 spiro atoms. The normalized spacial score (nSPS) is 11.7. The van der Waals surface area contributed by atoms with Gasteiger partial charge in [-0.15, -0.1) is 0 Å². The monoisotopic (exact) mass is 475 g/mol. The second-order valence-electron chi connectivity index (χ2n) is 8.72. The molecular formula is C29H37N3O3. The number of nitrogens with one attached hydrogen (secondary N) is 3. The number of fused-ring (bicyclic) bond motifs is 1. The van der Waals surface area contributed by atoms with Gasteiger partial charge in [0.2, 0.25) is 6.41 Å². The van der Waals surface area contributed by atoms with E-state index in [4.69, 9.17) is 4.74 Å². The van der Waals surface area contributed by atoms with Gasteiger partial charge in [0, 0.05) is 13.0 Å². The SMILES string of the molecule is CCCCN[C@@H](Cc1ccc(CCCCNC(=O)OCc2ccccc2)c2ccccc12)NC=O. The molecule has 6 nitrogen and oxygen atoms in total. The van der Waals surface area contributed by atoms with E-state index >= 15 is 0 Å². The van der Waals surface area contributed by atoms with Crippen LogP contribution in [-0.4, -0.2) is 31.8 Å². The van der Waals surface area contributed by atoms with Gasteiger partial charge in [-0.25, -0.2) is 4.79 Å². The van der Waals surface area contributed by atoms with Crippen molar-refractivity contribution >= 4 is 23.3 Å². The summed E-state index contributed by atoms with van der Waals surface area (Å²) in [6.07, 6.45) is 6.02. The van der Waals surface area contributed by atoms with Crippen LogP contribution in [0.5, 0.6) is 0 Å². The van der Waals surface area contributed by atoms with Gasteiger partial charge in [-0.3, -0.25) is 10.1 Å². The fourth-order valence-corrected chi connectivity index (χ4v) is 4.17. The summed E-state index contributed by atoms with van der Waals surface area (Å²) >= 11 is 0. The Morgan fingerprint density at radius 2 is 1.60 bits per heavy atom. The lowest BCUT2D eigenvalue weighted by molar-refractivity contribution is -0.110. The molecule has 3 aromatic rings. The molecule has 0 heterocycles. The lowest BCUT2D eigenvalue weighted by Gasteiger charge is -2.20. The average molecular weight is 476 g/mol. The Labute approximate surface area is 208 Å². The molecule has 0 aliphatic rings. The van der Waals surface area contributed by atoms with Gasteiger partial charge in [0.05, 0.1) is 6.17 Å². The maximum Gasteiger partial charge on any atom is 0.407 e. The standard InChI is InChI=1S/C29H37N3O3/c1-2-3-18-30-28(32-22-33)20-25-17-16-24(26-14-7-8-15-27(25)26)13-9-10-19-31-29(34)35-21-23-11-5-4-6-12-23/h4-8,11-12,14-17,22,28,30H,2-3,9-10,13,18-21H2,1H3,(H,31,34)(H,32,33)/t28-/m1/s1. The molecule has 0 saturated heterocycles. The minimum atomic E-state index is -0.380. The number of alkyl carbamates (subject to hydrolysis) is 1. The number of hydrogen-bond donors (Lipinski definition) is 3. The first-order valence-corrected chi connectivity index (χ1v) is 12.6. The van der Waals surface area contributed by atoms with Crippen LogP contribution in [0.25, 0.3) is 10.8 Å². The fraction of sp³-hybridized carbons (Fsp3) is 0.379. The summed E-state index contributed by atoms with van der Waals surface area (Å²) in [5.41, 5.74) is 3.49. The van der Waals surface area contributed by atoms with Crippen LogP contribution >= 0.6 is 0 Å². The molecule has 186 valence electrons. The molecule has 0 aliphatic carbocycles. The van der Waals surface area contributed by atoms with Crippen molar-refractivity contribution in [3.63, 3.8) is 0 Å². The molecule has 0 aliphatic heterocycles. The van der Waals surface area contributed by atoms with Gasteiger partial charge in [-0.05, 0) is 59.7 Å². The minimum Gasteiger partial charge on any atom is -0.445 e. The van der Waals surface area contributed by atoms with E-state index in [-0.39, 0.29) is 18.9 Å². The zero-order chi connectivity index (χ0) is 24.7. The molecule has 0 unspecified atom stereocenters. The summed E-state index contributed by atoms with van der Waals surface area (Å²) in [7, 11) is 0. The third-order valence-corrected chi connectivity index (χ3v) is 6.07. The largest absolute Gasteiger partial charge is 0.445 e. The van der Waals surface area contributed by atoms with E-state index in [0.717, 1.165) is 57.0 Å². The number of carbonyl (C=O) groups excluding carboxylic acids is 2. The number of aryl methyl sites for hydroxylation is 1. The van der Waals surface area contributed by atoms with Gasteiger partial charge in [-0.1, -0.05) is 80.1 Å². The molecule has 0 bridgehead atoms. The highest BCUT2D eigenvalue weighted by atomic mass is 16.5. The number of amides is 2. The van der Waals surface area contributed by atoms with Crippen LogP contribution in [0.1, 0.15) is 49.3 Å². The highest BCUT2D eigenvalue weighted by Crippen LogP contribution is 2.25. The number of rotatable bonds is 15. The number of benzene rings is 3. The van der Waals surface area contributed by atoms with E-state index in [0.29, 0.717) is 6.54 Å². The zero-order valence-corrected chi connectivity index (χ0v) is 20.6. The van der Waals surface area contributed by atoms with Crippen molar-refractivity contribution in [2.75, 3.05) is 13.1 Å². The van der Waals surface area contributed by atoms with Crippen LogP contribution in [0.3, 0.4) is 0 Å². The molecule has 1 atom stereocenters. The Bertz CT molecular complexity index is 1060. The van der Waals surface area contributed by atoms with Gasteiger partial charge < -0.3 is 15.4 Å². The van der Waals surface area contributed by atoms with E-state index in [1.54, 1.807) is 0 Å². The van der Waals surface area contributed by atoms with Crippen LogP contribution in [-0.2, 0) is 29.0 Å². The average Bonchev–Trinajstić information content (AvgIpc) is 2.89. The van der Waals surface area contributed by atoms with E-state index in [2.05, 4.69) is 59.3 Å². The van der Waals surface area contributed by atoms with Gasteiger partial charge in [0.15, 0.2) is 0 Å². The summed E-state index contributed by atoms with van der Waals surface area (Å²) in [6.45, 7) is 3.91. The van der Waals surface area contributed by atoms with Crippen LogP contribution in [0.15, 0.2) is 66.7 Å². The first-order chi connectivity index (χ1) is 17.2. The van der Waals surface area contributed by atoms with Crippen molar-refractivity contribution in [2.45, 2.75) is 58.2 Å². The highest BCUT2D eigenvalue weighted by Gasteiger charge is 2.12. The van der Waals surface area contributed by atoms with Gasteiger partial charge in [0.1, 0.15) is 6.61 Å². The van der Waals surface area contributed by atoms with Crippen molar-refractivity contribution in [3.8, 4) is 0 Å². The molecular weight excluding hydrogens is 438 g/mol. The lowest BCUT2D eigenvalue weighted by atomic mass is 9.94. The second-order valence-corrected chi connectivity index (χ2v) is 8.72. The van der Waals surface area contributed by atoms with Crippen molar-refractivity contribution in [3.05, 3.63) is 83.4 Å². The lowest BCUT2D eigenvalue weighted by Crippen LogP contribution is -2.43. The van der Waals surface area contributed by atoms with Gasteiger partial charge in [-0.2, -0.15) is 0 Å². The highest BCUT2D eigenvalue weighted by molar-refractivity contribution is 5.88. The molecule has 35 heavy (non-hydrogen) atoms. The second kappa shape index (κ2) is 14.8. The summed E-state index contributed by atoms with van der Waals surface area (Å²) in [5, 5.41) is 11.7. The van der Waals surface area contributed by atoms with Gasteiger partial charge in [0.25, 0.3) is 0 Å². The Kier molecular flexibility index (Phi) is 11.1. The Hall–Kier alpha value is -3.38. The first-order valence-electron chi connectivity index (χ1n) is 12.6. The summed E-state index contributed by atoms with van der Waals surface area (Å²) < 4.78 is 5.26. The predicted octanol–water partition coefficient (Wildman–Crippen LogP) is 5.09. The minimum absolute atomic E-state index is 0.0824. The molecule has 0 fully saturated rings. The summed E-state index contributed by atoms with van der Waals surface area (Å²) in [5.74, 6) is 0. The topological polar surface area (TPSA) is 79.5 Å². The van der Waals surface area contributed by atoms with Crippen molar-refractivity contribution in [2.24, 2.45) is 0 Å². The quantitative estimate of drug-likeness (QED) is 0.162. The molecule has 2 amide bonds. The summed E-state index contributed by atoms with van der Waals surface area (Å²) in [6, 6.07) is 22.5. The molecule has 3 N–H and O–H groups in total. The maximum absolute atomic E-state index is 11.9. The van der Waals surface area contributed by atoms with E-state index < -0.39 is 0 Å². The van der Waals surface area contributed by atoms with Crippen LogP contribution < -0.4 is 16.0 Å².